The summed E-state index contributed by atoms with van der Waals surface area (Å²) in [7, 11) is -6.56. The molecule has 1 heterocycles. The van der Waals surface area contributed by atoms with Crippen LogP contribution in [0.1, 0.15) is 86.0 Å². The van der Waals surface area contributed by atoms with E-state index < -0.39 is 30.0 Å². The standard InChI is InChI=1S/C27H38N4O5S2Si/c1-26(2,3)39(6,7)36-15-21-23(37-24(29-21)27(4,5)33)38(34,35)31-25(32)30-22-18-12-8-10-16(18)20(14-28)17-11-9-13-19(17)22/h33H,8-13,15H2,1-7H3,(H2,30,31,32). The van der Waals surface area contributed by atoms with Crippen LogP contribution in [-0.4, -0.2) is 32.9 Å². The topological polar surface area (TPSA) is 141 Å². The first kappa shape index (κ1) is 29.7. The van der Waals surface area contributed by atoms with E-state index in [2.05, 4.69) is 55.0 Å². The minimum atomic E-state index is -4.33. The lowest BCUT2D eigenvalue weighted by Gasteiger charge is -2.36. The number of aromatic nitrogens is 1. The second-order valence-corrected chi connectivity index (χ2v) is 20.1. The van der Waals surface area contributed by atoms with Gasteiger partial charge in [0.05, 0.1) is 23.9 Å². The number of fused-ring (bicyclic) bond motifs is 2. The van der Waals surface area contributed by atoms with Crippen molar-refractivity contribution >= 4 is 41.4 Å². The number of rotatable bonds is 7. The van der Waals surface area contributed by atoms with Crippen molar-refractivity contribution in [2.75, 3.05) is 5.32 Å². The van der Waals surface area contributed by atoms with E-state index in [0.717, 1.165) is 77.7 Å². The van der Waals surface area contributed by atoms with Crippen LogP contribution < -0.4 is 10.0 Å². The van der Waals surface area contributed by atoms with Crippen molar-refractivity contribution in [2.24, 2.45) is 0 Å². The third kappa shape index (κ3) is 5.79. The van der Waals surface area contributed by atoms with Crippen molar-refractivity contribution in [2.45, 2.75) is 108 Å². The number of thiazole rings is 1. The molecule has 0 saturated heterocycles. The van der Waals surface area contributed by atoms with E-state index in [1.165, 1.54) is 13.8 Å². The number of hydrogen-bond donors (Lipinski definition) is 3. The first-order chi connectivity index (χ1) is 18.0. The highest BCUT2D eigenvalue weighted by molar-refractivity contribution is 7.92. The molecule has 2 aliphatic carbocycles. The highest BCUT2D eigenvalue weighted by Crippen LogP contribution is 2.42. The third-order valence-electron chi connectivity index (χ3n) is 8.03. The zero-order chi connectivity index (χ0) is 29.0. The molecular formula is C27H38N4O5S2Si. The summed E-state index contributed by atoms with van der Waals surface area (Å²) < 4.78 is 35.3. The number of hydrogen-bond acceptors (Lipinski definition) is 8. The third-order valence-corrected chi connectivity index (χ3v) is 15.8. The highest BCUT2D eigenvalue weighted by Gasteiger charge is 2.39. The molecule has 39 heavy (non-hydrogen) atoms. The molecule has 0 aliphatic heterocycles. The van der Waals surface area contributed by atoms with Gasteiger partial charge in [-0.15, -0.1) is 11.3 Å². The maximum Gasteiger partial charge on any atom is 0.333 e. The fourth-order valence-electron chi connectivity index (χ4n) is 4.91. The first-order valence-corrected chi connectivity index (χ1v) is 18.5. The molecule has 2 aliphatic rings. The van der Waals surface area contributed by atoms with Crippen molar-refractivity contribution < 1.29 is 22.7 Å². The van der Waals surface area contributed by atoms with Gasteiger partial charge in [0.25, 0.3) is 10.0 Å². The Morgan fingerprint density at radius 2 is 1.62 bits per heavy atom. The summed E-state index contributed by atoms with van der Waals surface area (Å²) in [6.07, 6.45) is 4.80. The number of carbonyl (C=O) groups excluding carboxylic acids is 1. The van der Waals surface area contributed by atoms with Gasteiger partial charge in [-0.05, 0) is 92.8 Å². The molecule has 0 bridgehead atoms. The summed E-state index contributed by atoms with van der Waals surface area (Å²) in [5.74, 6) is 0. The Kier molecular flexibility index (Phi) is 7.81. The van der Waals surface area contributed by atoms with E-state index in [9.17, 15) is 23.6 Å². The van der Waals surface area contributed by atoms with E-state index in [1.54, 1.807) is 0 Å². The van der Waals surface area contributed by atoms with Crippen LogP contribution >= 0.6 is 11.3 Å². The summed E-state index contributed by atoms with van der Waals surface area (Å²) in [5.41, 5.74) is 3.99. The van der Waals surface area contributed by atoms with Crippen LogP contribution in [0.2, 0.25) is 18.1 Å². The Bertz CT molecular complexity index is 1430. The Hall–Kier alpha value is -2.30. The number of anilines is 1. The largest absolute Gasteiger partial charge is 0.411 e. The van der Waals surface area contributed by atoms with E-state index in [1.807, 2.05) is 0 Å². The Morgan fingerprint density at radius 3 is 2.10 bits per heavy atom. The molecule has 2 amide bonds. The smallest absolute Gasteiger partial charge is 0.333 e. The van der Waals surface area contributed by atoms with E-state index in [-0.39, 0.29) is 26.6 Å². The van der Waals surface area contributed by atoms with Gasteiger partial charge < -0.3 is 14.8 Å². The van der Waals surface area contributed by atoms with E-state index in [4.69, 9.17) is 4.43 Å². The predicted octanol–water partition coefficient (Wildman–Crippen LogP) is 5.25. The molecule has 1 aromatic carbocycles. The molecule has 1 aromatic heterocycles. The van der Waals surface area contributed by atoms with Gasteiger partial charge in [0, 0.05) is 5.69 Å². The Morgan fingerprint density at radius 1 is 1.08 bits per heavy atom. The maximum atomic E-state index is 13.5. The van der Waals surface area contributed by atoms with Crippen molar-refractivity contribution in [3.8, 4) is 6.07 Å². The van der Waals surface area contributed by atoms with Gasteiger partial charge in [-0.2, -0.15) is 5.26 Å². The lowest BCUT2D eigenvalue weighted by atomic mass is 9.93. The van der Waals surface area contributed by atoms with Gasteiger partial charge in [0.1, 0.15) is 10.6 Å². The normalized spacial score (nSPS) is 15.6. The lowest BCUT2D eigenvalue weighted by Crippen LogP contribution is -2.40. The van der Waals surface area contributed by atoms with Crippen LogP contribution in [-0.2, 0) is 52.3 Å². The Balaban J connectivity index is 1.63. The quantitative estimate of drug-likeness (QED) is 0.374. The van der Waals surface area contributed by atoms with Crippen molar-refractivity contribution in [1.29, 1.82) is 5.26 Å². The molecule has 0 radical (unpaired) electrons. The van der Waals surface area contributed by atoms with Crippen molar-refractivity contribution in [3.63, 3.8) is 0 Å². The number of sulfonamides is 1. The van der Waals surface area contributed by atoms with Crippen LogP contribution in [0.25, 0.3) is 0 Å². The van der Waals surface area contributed by atoms with Crippen LogP contribution in [0.3, 0.4) is 0 Å². The average molecular weight is 591 g/mol. The number of aliphatic hydroxyl groups is 1. The number of amides is 2. The predicted molar refractivity (Wildman–Crippen MR) is 154 cm³/mol. The summed E-state index contributed by atoms with van der Waals surface area (Å²) in [5, 5.41) is 23.3. The van der Waals surface area contributed by atoms with Gasteiger partial charge in [-0.1, -0.05) is 20.8 Å². The van der Waals surface area contributed by atoms with Gasteiger partial charge >= 0.3 is 6.03 Å². The molecule has 0 saturated carbocycles. The molecule has 0 spiro atoms. The number of benzene rings is 1. The average Bonchev–Trinajstić information content (AvgIpc) is 3.55. The summed E-state index contributed by atoms with van der Waals surface area (Å²) in [6.45, 7) is 13.4. The molecule has 0 fully saturated rings. The van der Waals surface area contributed by atoms with Crippen LogP contribution in [0.5, 0.6) is 0 Å². The zero-order valence-electron chi connectivity index (χ0n) is 23.7. The van der Waals surface area contributed by atoms with Crippen LogP contribution in [0, 0.1) is 11.3 Å². The zero-order valence-corrected chi connectivity index (χ0v) is 26.4. The minimum absolute atomic E-state index is 0.0441. The molecule has 12 heteroatoms. The molecule has 212 valence electrons. The summed E-state index contributed by atoms with van der Waals surface area (Å²) >= 11 is 0.833. The van der Waals surface area contributed by atoms with Crippen LogP contribution in [0.15, 0.2) is 4.21 Å². The van der Waals surface area contributed by atoms with E-state index >= 15 is 0 Å². The molecule has 0 atom stereocenters. The maximum absolute atomic E-state index is 13.5. The molecule has 2 aromatic rings. The second kappa shape index (κ2) is 10.3. The fourth-order valence-corrected chi connectivity index (χ4v) is 8.25. The Labute approximate surface area is 236 Å². The summed E-state index contributed by atoms with van der Waals surface area (Å²) in [4.78, 5) is 17.6. The molecule has 3 N–H and O–H groups in total. The fraction of sp³-hybridized carbons (Fsp3) is 0.593. The summed E-state index contributed by atoms with van der Waals surface area (Å²) in [6, 6.07) is 1.50. The lowest BCUT2D eigenvalue weighted by molar-refractivity contribution is 0.0779. The number of nitrogens with zero attached hydrogens (tertiary/aromatic N) is 2. The SMILES string of the molecule is CC(C)(O)c1nc(CO[Si](C)(C)C(C)(C)C)c(S(=O)(=O)NC(=O)Nc2c3c(c(C#N)c4c2CCC4)CCC3)s1. The van der Waals surface area contributed by atoms with Gasteiger partial charge in [0.15, 0.2) is 12.5 Å². The molecule has 0 unspecified atom stereocenters. The molecular weight excluding hydrogens is 553 g/mol. The number of nitriles is 1. The van der Waals surface area contributed by atoms with Gasteiger partial charge in [-0.25, -0.2) is 22.9 Å². The van der Waals surface area contributed by atoms with Crippen molar-refractivity contribution in [1.82, 2.24) is 9.71 Å². The number of urea groups is 1. The van der Waals surface area contributed by atoms with E-state index in [0.29, 0.717) is 5.69 Å². The van der Waals surface area contributed by atoms with Crippen LogP contribution in [0.4, 0.5) is 10.5 Å². The number of carbonyl (C=O) groups is 1. The molecule has 4 rings (SSSR count). The van der Waals surface area contributed by atoms with Crippen molar-refractivity contribution in [3.05, 3.63) is 38.5 Å². The molecule has 9 nitrogen and oxygen atoms in total. The first-order valence-electron chi connectivity index (χ1n) is 13.3. The second-order valence-electron chi connectivity index (χ2n) is 12.4. The van der Waals surface area contributed by atoms with Gasteiger partial charge in [0.2, 0.25) is 0 Å². The highest BCUT2D eigenvalue weighted by atomic mass is 32.2. The minimum Gasteiger partial charge on any atom is -0.411 e. The monoisotopic (exact) mass is 590 g/mol. The number of nitrogens with one attached hydrogen (secondary N) is 2. The van der Waals surface area contributed by atoms with Gasteiger partial charge in [-0.3, -0.25) is 0 Å².